The molecule has 0 atom stereocenters. The summed E-state index contributed by atoms with van der Waals surface area (Å²) < 4.78 is 0. The smallest absolute Gasteiger partial charge is 0.133 e. The van der Waals surface area contributed by atoms with Crippen LogP contribution in [0.4, 0.5) is 11.5 Å². The number of nitrogens with two attached hydrogens (primary N) is 1. The van der Waals surface area contributed by atoms with E-state index in [1.807, 2.05) is 24.3 Å². The van der Waals surface area contributed by atoms with Gasteiger partial charge in [0.15, 0.2) is 0 Å². The molecule has 2 aromatic rings. The highest BCUT2D eigenvalue weighted by Gasteiger charge is 1.99. The van der Waals surface area contributed by atoms with Gasteiger partial charge in [-0.25, -0.2) is 4.98 Å². The van der Waals surface area contributed by atoms with Crippen molar-refractivity contribution in [2.75, 3.05) is 11.1 Å². The van der Waals surface area contributed by atoms with Gasteiger partial charge in [0.1, 0.15) is 11.0 Å². The van der Waals surface area contributed by atoms with Gasteiger partial charge in [-0.2, -0.15) is 0 Å². The minimum Gasteiger partial charge on any atom is -0.399 e. The number of nitrogen functional groups attached to an aromatic ring is 1. The lowest BCUT2D eigenvalue weighted by Crippen LogP contribution is -2.02. The van der Waals surface area contributed by atoms with Crippen molar-refractivity contribution in [1.29, 1.82) is 0 Å². The first-order valence-corrected chi connectivity index (χ1v) is 5.80. The highest BCUT2D eigenvalue weighted by Crippen LogP contribution is 2.17. The summed E-state index contributed by atoms with van der Waals surface area (Å²) in [7, 11) is 0. The molecule has 3 nitrogen and oxygen atoms in total. The Morgan fingerprint density at radius 3 is 2.71 bits per heavy atom. The molecule has 0 amide bonds. The average molecular weight is 268 g/mol. The molecule has 0 unspecified atom stereocenters. The zero-order chi connectivity index (χ0) is 12.3. The van der Waals surface area contributed by atoms with E-state index in [-0.39, 0.29) is 0 Å². The van der Waals surface area contributed by atoms with Crippen LogP contribution in [0.3, 0.4) is 0 Å². The van der Waals surface area contributed by atoms with Crippen LogP contribution in [-0.4, -0.2) is 4.98 Å². The molecule has 0 aliphatic rings. The molecule has 1 heterocycles. The van der Waals surface area contributed by atoms with Gasteiger partial charge in [-0.15, -0.1) is 0 Å². The fourth-order valence-corrected chi connectivity index (χ4v) is 1.88. The van der Waals surface area contributed by atoms with E-state index in [0.717, 1.165) is 5.56 Å². The minimum absolute atomic E-state index is 0.374. The molecule has 3 N–H and O–H groups in total. The number of nitrogens with one attached hydrogen (secondary N) is 1. The summed E-state index contributed by atoms with van der Waals surface area (Å²) >= 11 is 11.7. The van der Waals surface area contributed by atoms with Crippen LogP contribution in [0.2, 0.25) is 10.2 Å². The van der Waals surface area contributed by atoms with Crippen LogP contribution in [-0.2, 0) is 6.54 Å². The summed E-state index contributed by atoms with van der Waals surface area (Å²) in [6, 6.07) is 10.9. The van der Waals surface area contributed by atoms with E-state index in [1.54, 1.807) is 12.1 Å². The maximum absolute atomic E-state index is 5.89. The fourth-order valence-electron chi connectivity index (χ4n) is 1.45. The molecular weight excluding hydrogens is 257 g/mol. The van der Waals surface area contributed by atoms with Gasteiger partial charge in [0.25, 0.3) is 0 Å². The Bertz CT molecular complexity index is 509. The quantitative estimate of drug-likeness (QED) is 0.836. The first-order valence-electron chi connectivity index (χ1n) is 5.05. The van der Waals surface area contributed by atoms with Crippen molar-refractivity contribution in [3.05, 3.63) is 52.1 Å². The SMILES string of the molecule is Nc1cc(Cl)nc(NCc2cccc(Cl)c2)c1. The number of hydrogen-bond donors (Lipinski definition) is 2. The molecule has 0 aliphatic heterocycles. The van der Waals surface area contributed by atoms with E-state index in [9.17, 15) is 0 Å². The van der Waals surface area contributed by atoms with Gasteiger partial charge in [0, 0.05) is 23.3 Å². The maximum atomic E-state index is 5.89. The Morgan fingerprint density at radius 1 is 1.18 bits per heavy atom. The lowest BCUT2D eigenvalue weighted by atomic mass is 10.2. The Balaban J connectivity index is 2.07. The lowest BCUT2D eigenvalue weighted by Gasteiger charge is -2.07. The molecule has 0 fully saturated rings. The minimum atomic E-state index is 0.374. The average Bonchev–Trinajstić information content (AvgIpc) is 2.25. The molecule has 88 valence electrons. The Kier molecular flexibility index (Phi) is 3.71. The summed E-state index contributed by atoms with van der Waals surface area (Å²) in [5.41, 5.74) is 7.32. The number of halogens is 2. The summed E-state index contributed by atoms with van der Waals surface area (Å²) in [4.78, 5) is 4.11. The van der Waals surface area contributed by atoms with Gasteiger partial charge in [0.2, 0.25) is 0 Å². The summed E-state index contributed by atoms with van der Waals surface area (Å²) in [5, 5.41) is 4.22. The van der Waals surface area contributed by atoms with E-state index in [4.69, 9.17) is 28.9 Å². The lowest BCUT2D eigenvalue weighted by molar-refractivity contribution is 1.11. The van der Waals surface area contributed by atoms with Crippen molar-refractivity contribution >= 4 is 34.7 Å². The van der Waals surface area contributed by atoms with Gasteiger partial charge in [-0.1, -0.05) is 35.3 Å². The van der Waals surface area contributed by atoms with Crippen molar-refractivity contribution in [1.82, 2.24) is 4.98 Å². The standard InChI is InChI=1S/C12H11Cl2N3/c13-9-3-1-2-8(4-9)7-16-12-6-10(15)5-11(14)17-12/h1-6H,7H2,(H3,15,16,17). The molecule has 0 saturated carbocycles. The van der Waals surface area contributed by atoms with Gasteiger partial charge in [-0.3, -0.25) is 0 Å². The van der Waals surface area contributed by atoms with Crippen LogP contribution in [0.15, 0.2) is 36.4 Å². The van der Waals surface area contributed by atoms with Gasteiger partial charge < -0.3 is 11.1 Å². The first kappa shape index (κ1) is 12.0. The third-order valence-electron chi connectivity index (χ3n) is 2.18. The topological polar surface area (TPSA) is 50.9 Å². The van der Waals surface area contributed by atoms with E-state index >= 15 is 0 Å². The number of anilines is 2. The van der Waals surface area contributed by atoms with Crippen molar-refractivity contribution in [3.8, 4) is 0 Å². The molecular formula is C12H11Cl2N3. The first-order chi connectivity index (χ1) is 8.13. The molecule has 2 rings (SSSR count). The van der Waals surface area contributed by atoms with Crippen molar-refractivity contribution in [3.63, 3.8) is 0 Å². The second kappa shape index (κ2) is 5.25. The van der Waals surface area contributed by atoms with E-state index in [0.29, 0.717) is 28.2 Å². The molecule has 0 aliphatic carbocycles. The summed E-state index contributed by atoms with van der Waals surface area (Å²) in [5.74, 6) is 0.648. The largest absolute Gasteiger partial charge is 0.399 e. The maximum Gasteiger partial charge on any atom is 0.133 e. The van der Waals surface area contributed by atoms with Gasteiger partial charge >= 0.3 is 0 Å². The third kappa shape index (κ3) is 3.51. The number of rotatable bonds is 3. The van der Waals surface area contributed by atoms with E-state index in [1.165, 1.54) is 0 Å². The van der Waals surface area contributed by atoms with Gasteiger partial charge in [0.05, 0.1) is 0 Å². The van der Waals surface area contributed by atoms with E-state index in [2.05, 4.69) is 10.3 Å². The van der Waals surface area contributed by atoms with Crippen molar-refractivity contribution < 1.29 is 0 Å². The molecule has 5 heteroatoms. The predicted molar refractivity (Wildman–Crippen MR) is 72.4 cm³/mol. The van der Waals surface area contributed by atoms with Gasteiger partial charge in [-0.05, 0) is 23.8 Å². The normalized spacial score (nSPS) is 10.2. The van der Waals surface area contributed by atoms with Crippen molar-refractivity contribution in [2.45, 2.75) is 6.54 Å². The van der Waals surface area contributed by atoms with Crippen LogP contribution in [0, 0.1) is 0 Å². The predicted octanol–water partition coefficient (Wildman–Crippen LogP) is 3.58. The summed E-state index contributed by atoms with van der Waals surface area (Å²) in [6.45, 7) is 0.618. The zero-order valence-electron chi connectivity index (χ0n) is 8.95. The monoisotopic (exact) mass is 267 g/mol. The highest BCUT2D eigenvalue weighted by atomic mass is 35.5. The number of hydrogen-bond acceptors (Lipinski definition) is 3. The second-order valence-electron chi connectivity index (χ2n) is 3.59. The van der Waals surface area contributed by atoms with Crippen LogP contribution in [0.5, 0.6) is 0 Å². The molecule has 1 aromatic carbocycles. The van der Waals surface area contributed by atoms with E-state index < -0.39 is 0 Å². The molecule has 0 saturated heterocycles. The number of aromatic nitrogens is 1. The van der Waals surface area contributed by atoms with Crippen LogP contribution in [0.25, 0.3) is 0 Å². The number of nitrogens with zero attached hydrogens (tertiary/aromatic N) is 1. The fraction of sp³-hybridized carbons (Fsp3) is 0.0833. The van der Waals surface area contributed by atoms with Crippen LogP contribution >= 0.6 is 23.2 Å². The number of pyridine rings is 1. The Labute approximate surface area is 110 Å². The van der Waals surface area contributed by atoms with Crippen molar-refractivity contribution in [2.24, 2.45) is 0 Å². The Morgan fingerprint density at radius 2 is 2.00 bits per heavy atom. The summed E-state index contributed by atoms with van der Waals surface area (Å²) in [6.07, 6.45) is 0. The molecule has 0 spiro atoms. The molecule has 1 aromatic heterocycles. The van der Waals surface area contributed by atoms with Crippen LogP contribution in [0.1, 0.15) is 5.56 Å². The second-order valence-corrected chi connectivity index (χ2v) is 4.42. The highest BCUT2D eigenvalue weighted by molar-refractivity contribution is 6.30. The Hall–Kier alpha value is -1.45. The zero-order valence-corrected chi connectivity index (χ0v) is 10.5. The molecule has 0 radical (unpaired) electrons. The van der Waals surface area contributed by atoms with Crippen LogP contribution < -0.4 is 11.1 Å². The molecule has 0 bridgehead atoms. The molecule has 17 heavy (non-hydrogen) atoms. The number of benzene rings is 1. The third-order valence-corrected chi connectivity index (χ3v) is 2.61.